The third kappa shape index (κ3) is 3.40. The van der Waals surface area contributed by atoms with Gasteiger partial charge < -0.3 is 14.9 Å². The minimum absolute atomic E-state index is 0.146. The highest BCUT2D eigenvalue weighted by Crippen LogP contribution is 2.44. The molecule has 0 aliphatic carbocycles. The van der Waals surface area contributed by atoms with Crippen LogP contribution < -0.4 is 9.64 Å². The van der Waals surface area contributed by atoms with Gasteiger partial charge in [0.05, 0.1) is 23.9 Å². The van der Waals surface area contributed by atoms with Crippen LogP contribution in [0.4, 0.5) is 14.5 Å². The van der Waals surface area contributed by atoms with E-state index in [0.29, 0.717) is 30.4 Å². The van der Waals surface area contributed by atoms with Gasteiger partial charge in [-0.25, -0.2) is 8.78 Å². The van der Waals surface area contributed by atoms with E-state index in [0.717, 1.165) is 22.6 Å². The Labute approximate surface area is 187 Å². The number of aliphatic hydroxyl groups excluding tert-OH is 1. The monoisotopic (exact) mass is 449 g/mol. The highest BCUT2D eigenvalue weighted by molar-refractivity contribution is 6.51. The first-order chi connectivity index (χ1) is 15.8. The summed E-state index contributed by atoms with van der Waals surface area (Å²) in [6, 6.07) is 12.0. The lowest BCUT2D eigenvalue weighted by molar-refractivity contribution is -0.132. The number of aliphatic hydroxyl groups is 1. The Kier molecular flexibility index (Phi) is 4.85. The lowest BCUT2D eigenvalue weighted by atomic mass is 9.94. The second kappa shape index (κ2) is 7.74. The van der Waals surface area contributed by atoms with Gasteiger partial charge >= 0.3 is 0 Å². The number of phenols is 1. The zero-order chi connectivity index (χ0) is 23.3. The fourth-order valence-electron chi connectivity index (χ4n) is 4.26. The molecule has 1 amide bonds. The van der Waals surface area contributed by atoms with Crippen molar-refractivity contribution < 1.29 is 33.3 Å². The van der Waals surface area contributed by atoms with E-state index in [1.165, 1.54) is 24.3 Å². The van der Waals surface area contributed by atoms with E-state index in [4.69, 9.17) is 4.74 Å². The highest BCUT2D eigenvalue weighted by Gasteiger charge is 2.48. The molecule has 1 fully saturated rings. The molecule has 1 saturated heterocycles. The standard InChI is InChI=1S/C25H17F2NO5/c26-16-5-6-19(18(27)12-16)28-22(14-2-1-3-17(29)11-14)21(24(31)25(28)32)23(30)15-4-7-20-13(10-15)8-9-33-20/h1-7,10-12,22,29-30H,8-9H2/b23-21-. The van der Waals surface area contributed by atoms with Gasteiger partial charge in [-0.1, -0.05) is 12.1 Å². The number of ether oxygens (including phenoxy) is 1. The molecule has 166 valence electrons. The van der Waals surface area contributed by atoms with E-state index in [2.05, 4.69) is 0 Å². The van der Waals surface area contributed by atoms with Crippen LogP contribution in [0.2, 0.25) is 0 Å². The van der Waals surface area contributed by atoms with Crippen molar-refractivity contribution in [2.75, 3.05) is 11.5 Å². The van der Waals surface area contributed by atoms with Gasteiger partial charge in [0, 0.05) is 18.1 Å². The number of amides is 1. The summed E-state index contributed by atoms with van der Waals surface area (Å²) in [7, 11) is 0. The molecule has 2 heterocycles. The van der Waals surface area contributed by atoms with Gasteiger partial charge in [-0.3, -0.25) is 14.5 Å². The minimum Gasteiger partial charge on any atom is -0.508 e. The summed E-state index contributed by atoms with van der Waals surface area (Å²) in [5.41, 5.74) is 0.805. The summed E-state index contributed by atoms with van der Waals surface area (Å²) < 4.78 is 33.7. The van der Waals surface area contributed by atoms with Crippen molar-refractivity contribution in [3.63, 3.8) is 0 Å². The molecular weight excluding hydrogens is 432 g/mol. The molecule has 33 heavy (non-hydrogen) atoms. The fourth-order valence-corrected chi connectivity index (χ4v) is 4.26. The van der Waals surface area contributed by atoms with Crippen molar-refractivity contribution >= 4 is 23.1 Å². The third-order valence-corrected chi connectivity index (χ3v) is 5.76. The van der Waals surface area contributed by atoms with Gasteiger partial charge in [-0.05, 0) is 53.6 Å². The molecule has 8 heteroatoms. The largest absolute Gasteiger partial charge is 0.508 e. The lowest BCUT2D eigenvalue weighted by Gasteiger charge is -2.26. The van der Waals surface area contributed by atoms with E-state index in [9.17, 15) is 28.6 Å². The van der Waals surface area contributed by atoms with Crippen LogP contribution in [0.1, 0.15) is 22.7 Å². The average molecular weight is 449 g/mol. The number of Topliss-reactive ketones (excluding diaryl/α,β-unsaturated/α-hetero) is 1. The summed E-state index contributed by atoms with van der Waals surface area (Å²) in [6.07, 6.45) is 0.627. The molecule has 6 nitrogen and oxygen atoms in total. The van der Waals surface area contributed by atoms with Crippen molar-refractivity contribution in [2.45, 2.75) is 12.5 Å². The maximum atomic E-state index is 14.7. The normalized spacial score (nSPS) is 19.0. The molecule has 0 spiro atoms. The number of rotatable bonds is 3. The molecule has 0 saturated carbocycles. The smallest absolute Gasteiger partial charge is 0.300 e. The highest BCUT2D eigenvalue weighted by atomic mass is 19.1. The molecule has 3 aromatic carbocycles. The number of ketones is 1. The molecular formula is C25H17F2NO5. The van der Waals surface area contributed by atoms with Gasteiger partial charge in [0.25, 0.3) is 11.7 Å². The molecule has 0 radical (unpaired) electrons. The molecule has 0 bridgehead atoms. The number of carbonyl (C=O) groups is 2. The minimum atomic E-state index is -1.25. The molecule has 0 aromatic heterocycles. The van der Waals surface area contributed by atoms with Crippen molar-refractivity contribution in [3.05, 3.63) is 94.6 Å². The first-order valence-electron chi connectivity index (χ1n) is 10.2. The van der Waals surface area contributed by atoms with Crippen molar-refractivity contribution in [3.8, 4) is 11.5 Å². The van der Waals surface area contributed by atoms with Crippen LogP contribution in [0.15, 0.2) is 66.2 Å². The molecule has 1 atom stereocenters. The number of nitrogens with zero attached hydrogens (tertiary/aromatic N) is 1. The first-order valence-corrected chi connectivity index (χ1v) is 10.2. The maximum Gasteiger partial charge on any atom is 0.300 e. The van der Waals surface area contributed by atoms with Crippen LogP contribution in [-0.4, -0.2) is 28.5 Å². The van der Waals surface area contributed by atoms with Gasteiger partial charge in [0.2, 0.25) is 0 Å². The predicted molar refractivity (Wildman–Crippen MR) is 115 cm³/mol. The van der Waals surface area contributed by atoms with E-state index >= 15 is 0 Å². The topological polar surface area (TPSA) is 87.1 Å². The van der Waals surface area contributed by atoms with Crippen LogP contribution >= 0.6 is 0 Å². The van der Waals surface area contributed by atoms with Gasteiger partial charge in [0.1, 0.15) is 28.9 Å². The number of fused-ring (bicyclic) bond motifs is 1. The molecule has 2 aliphatic heterocycles. The van der Waals surface area contributed by atoms with Crippen LogP contribution in [0.5, 0.6) is 11.5 Å². The van der Waals surface area contributed by atoms with Crippen LogP contribution in [0, 0.1) is 11.6 Å². The van der Waals surface area contributed by atoms with Crippen LogP contribution in [0.3, 0.4) is 0 Å². The second-order valence-corrected chi connectivity index (χ2v) is 7.78. The predicted octanol–water partition coefficient (Wildman–Crippen LogP) is 4.23. The number of anilines is 1. The number of phenolic OH excluding ortho intramolecular Hbond substituents is 1. The quantitative estimate of drug-likeness (QED) is 0.355. The molecule has 3 aromatic rings. The number of benzene rings is 3. The Morgan fingerprint density at radius 1 is 1.03 bits per heavy atom. The Morgan fingerprint density at radius 2 is 1.85 bits per heavy atom. The number of aromatic hydroxyl groups is 1. The lowest BCUT2D eigenvalue weighted by Crippen LogP contribution is -2.30. The summed E-state index contributed by atoms with van der Waals surface area (Å²) >= 11 is 0. The van der Waals surface area contributed by atoms with Gasteiger partial charge in [-0.2, -0.15) is 0 Å². The van der Waals surface area contributed by atoms with Crippen LogP contribution in [0.25, 0.3) is 5.76 Å². The average Bonchev–Trinajstić information content (AvgIpc) is 3.36. The van der Waals surface area contributed by atoms with E-state index in [-0.39, 0.29) is 22.6 Å². The van der Waals surface area contributed by atoms with Crippen LogP contribution in [-0.2, 0) is 16.0 Å². The van der Waals surface area contributed by atoms with Crippen molar-refractivity contribution in [1.29, 1.82) is 0 Å². The number of carbonyl (C=O) groups excluding carboxylic acids is 2. The third-order valence-electron chi connectivity index (χ3n) is 5.76. The Morgan fingerprint density at radius 3 is 2.61 bits per heavy atom. The van der Waals surface area contributed by atoms with Gasteiger partial charge in [-0.15, -0.1) is 0 Å². The fraction of sp³-hybridized carbons (Fsp3) is 0.120. The number of hydrogen-bond donors (Lipinski definition) is 2. The second-order valence-electron chi connectivity index (χ2n) is 7.78. The van der Waals surface area contributed by atoms with Gasteiger partial charge in [0.15, 0.2) is 0 Å². The zero-order valence-corrected chi connectivity index (χ0v) is 17.1. The number of halogens is 2. The Hall–Kier alpha value is -4.20. The summed E-state index contributed by atoms with van der Waals surface area (Å²) in [5, 5.41) is 21.1. The zero-order valence-electron chi connectivity index (χ0n) is 17.1. The molecule has 2 aliphatic rings. The molecule has 2 N–H and O–H groups in total. The summed E-state index contributed by atoms with van der Waals surface area (Å²) in [5.74, 6) is -3.92. The molecule has 5 rings (SSSR count). The SMILES string of the molecule is O=C1C(=O)N(c2ccc(F)cc2F)C(c2cccc(O)c2)/C1=C(/O)c1ccc2c(c1)CCO2. The Bertz CT molecular complexity index is 1350. The molecule has 1 unspecified atom stereocenters. The summed E-state index contributed by atoms with van der Waals surface area (Å²) in [4.78, 5) is 27.0. The van der Waals surface area contributed by atoms with Crippen molar-refractivity contribution in [2.24, 2.45) is 0 Å². The maximum absolute atomic E-state index is 14.7. The van der Waals surface area contributed by atoms with E-state index < -0.39 is 35.1 Å². The number of hydrogen-bond acceptors (Lipinski definition) is 5. The summed E-state index contributed by atoms with van der Waals surface area (Å²) in [6.45, 7) is 0.497. The first kappa shape index (κ1) is 20.7. The van der Waals surface area contributed by atoms with Crippen molar-refractivity contribution in [1.82, 2.24) is 0 Å². The van der Waals surface area contributed by atoms with E-state index in [1.807, 2.05) is 0 Å². The Balaban J connectivity index is 1.73. The van der Waals surface area contributed by atoms with E-state index in [1.54, 1.807) is 18.2 Å².